The van der Waals surface area contributed by atoms with Crippen LogP contribution in [-0.4, -0.2) is 24.7 Å². The number of benzene rings is 1. The van der Waals surface area contributed by atoms with Gasteiger partial charge < -0.3 is 9.63 Å². The van der Waals surface area contributed by atoms with Crippen LogP contribution in [0, 0.1) is 6.92 Å². The summed E-state index contributed by atoms with van der Waals surface area (Å²) in [7, 11) is -3.73. The van der Waals surface area contributed by atoms with Gasteiger partial charge in [-0.25, -0.2) is 13.2 Å². The molecule has 0 atom stereocenters. The highest BCUT2D eigenvalue weighted by Crippen LogP contribution is 2.23. The van der Waals surface area contributed by atoms with Gasteiger partial charge in [0.15, 0.2) is 15.6 Å². The minimum atomic E-state index is -3.73. The van der Waals surface area contributed by atoms with Crippen molar-refractivity contribution in [1.29, 1.82) is 0 Å². The van der Waals surface area contributed by atoms with Gasteiger partial charge in [0.05, 0.1) is 21.2 Å². The SMILES string of the molecule is Cc1cc(CS(=O)(=O)c2ccc(Cl)c(C(=O)O)c2)on1. The fourth-order valence-electron chi connectivity index (χ4n) is 1.62. The third kappa shape index (κ3) is 3.00. The Hall–Kier alpha value is -1.86. The van der Waals surface area contributed by atoms with Crippen LogP contribution < -0.4 is 0 Å². The largest absolute Gasteiger partial charge is 0.478 e. The van der Waals surface area contributed by atoms with Crippen LogP contribution in [0.4, 0.5) is 0 Å². The van der Waals surface area contributed by atoms with Gasteiger partial charge in [0, 0.05) is 6.07 Å². The lowest BCUT2D eigenvalue weighted by molar-refractivity contribution is 0.0697. The molecule has 0 aliphatic carbocycles. The van der Waals surface area contributed by atoms with Gasteiger partial charge in [-0.1, -0.05) is 16.8 Å². The number of carboxylic acids is 1. The van der Waals surface area contributed by atoms with Crippen LogP contribution >= 0.6 is 11.6 Å². The lowest BCUT2D eigenvalue weighted by Gasteiger charge is -2.05. The molecule has 0 radical (unpaired) electrons. The van der Waals surface area contributed by atoms with E-state index in [2.05, 4.69) is 5.16 Å². The quantitative estimate of drug-likeness (QED) is 0.929. The van der Waals surface area contributed by atoms with E-state index in [4.69, 9.17) is 21.2 Å². The van der Waals surface area contributed by atoms with Gasteiger partial charge >= 0.3 is 5.97 Å². The van der Waals surface area contributed by atoms with E-state index >= 15 is 0 Å². The van der Waals surface area contributed by atoms with Gasteiger partial charge in [-0.05, 0) is 25.1 Å². The van der Waals surface area contributed by atoms with Crippen molar-refractivity contribution in [3.63, 3.8) is 0 Å². The van der Waals surface area contributed by atoms with E-state index in [1.165, 1.54) is 18.2 Å². The Balaban J connectivity index is 2.39. The maximum absolute atomic E-state index is 12.2. The molecule has 0 amide bonds. The molecule has 8 heteroatoms. The van der Waals surface area contributed by atoms with Crippen LogP contribution in [0.3, 0.4) is 0 Å². The number of aromatic nitrogens is 1. The van der Waals surface area contributed by atoms with Crippen molar-refractivity contribution in [2.24, 2.45) is 0 Å². The van der Waals surface area contributed by atoms with Crippen molar-refractivity contribution in [2.45, 2.75) is 17.6 Å². The average molecular weight is 316 g/mol. The minimum Gasteiger partial charge on any atom is -0.478 e. The fourth-order valence-corrected chi connectivity index (χ4v) is 3.07. The van der Waals surface area contributed by atoms with Crippen molar-refractivity contribution in [3.8, 4) is 0 Å². The molecular formula is C12H10ClNO5S. The molecule has 0 unspecified atom stereocenters. The average Bonchev–Trinajstić information content (AvgIpc) is 2.73. The molecule has 0 aliphatic heterocycles. The summed E-state index contributed by atoms with van der Waals surface area (Å²) in [5.41, 5.74) is 0.305. The monoisotopic (exact) mass is 315 g/mol. The maximum Gasteiger partial charge on any atom is 0.337 e. The number of carboxylic acid groups (broad SMARTS) is 1. The molecule has 106 valence electrons. The number of aromatic carboxylic acids is 1. The summed E-state index contributed by atoms with van der Waals surface area (Å²) in [6, 6.07) is 5.03. The standard InChI is InChI=1S/C12H10ClNO5S/c1-7-4-8(19-14-7)6-20(17,18)9-2-3-11(13)10(5-9)12(15)16/h2-5H,6H2,1H3,(H,15,16). The molecule has 0 saturated heterocycles. The van der Waals surface area contributed by atoms with Crippen molar-refractivity contribution in [3.05, 3.63) is 46.3 Å². The number of hydrogen-bond acceptors (Lipinski definition) is 5. The van der Waals surface area contributed by atoms with Crippen molar-refractivity contribution in [2.75, 3.05) is 0 Å². The zero-order valence-electron chi connectivity index (χ0n) is 10.3. The number of carbonyl (C=O) groups is 1. The summed E-state index contributed by atoms with van der Waals surface area (Å²) in [5, 5.41) is 12.5. The van der Waals surface area contributed by atoms with Crippen molar-refractivity contribution >= 4 is 27.4 Å². The van der Waals surface area contributed by atoms with Crippen molar-refractivity contribution < 1.29 is 22.8 Å². The molecule has 20 heavy (non-hydrogen) atoms. The summed E-state index contributed by atoms with van der Waals surface area (Å²) in [5.74, 6) is -1.49. The van der Waals surface area contributed by atoms with E-state index in [1.54, 1.807) is 6.92 Å². The van der Waals surface area contributed by atoms with Gasteiger partial charge in [-0.2, -0.15) is 0 Å². The van der Waals surface area contributed by atoms with Crippen LogP contribution in [0.1, 0.15) is 21.8 Å². The number of rotatable bonds is 4. The zero-order valence-corrected chi connectivity index (χ0v) is 11.9. The molecule has 0 bridgehead atoms. The Kier molecular flexibility index (Phi) is 3.82. The van der Waals surface area contributed by atoms with E-state index in [-0.39, 0.29) is 21.2 Å². The predicted molar refractivity (Wildman–Crippen MR) is 70.5 cm³/mol. The Morgan fingerprint density at radius 1 is 1.40 bits per heavy atom. The van der Waals surface area contributed by atoms with E-state index < -0.39 is 21.6 Å². The van der Waals surface area contributed by atoms with Crippen LogP contribution in [0.2, 0.25) is 5.02 Å². The fraction of sp³-hybridized carbons (Fsp3) is 0.167. The number of halogens is 1. The van der Waals surface area contributed by atoms with Crippen LogP contribution in [0.15, 0.2) is 33.7 Å². The Labute approximate surface area is 119 Å². The second-order valence-electron chi connectivity index (χ2n) is 4.14. The highest BCUT2D eigenvalue weighted by Gasteiger charge is 2.21. The molecule has 2 rings (SSSR count). The van der Waals surface area contributed by atoms with Gasteiger partial charge in [0.1, 0.15) is 5.75 Å². The van der Waals surface area contributed by atoms with Gasteiger partial charge in [0.2, 0.25) is 0 Å². The van der Waals surface area contributed by atoms with E-state index in [0.717, 1.165) is 6.07 Å². The third-order valence-electron chi connectivity index (χ3n) is 2.54. The topological polar surface area (TPSA) is 97.5 Å². The van der Waals surface area contributed by atoms with E-state index in [1.807, 2.05) is 0 Å². The third-order valence-corrected chi connectivity index (χ3v) is 4.50. The summed E-state index contributed by atoms with van der Waals surface area (Å²) in [6.45, 7) is 1.67. The zero-order chi connectivity index (χ0) is 14.9. The molecule has 0 saturated carbocycles. The first-order valence-corrected chi connectivity index (χ1v) is 7.50. The summed E-state index contributed by atoms with van der Waals surface area (Å²) in [6.07, 6.45) is 0. The number of hydrogen-bond donors (Lipinski definition) is 1. The summed E-state index contributed by atoms with van der Waals surface area (Å²) in [4.78, 5) is 10.8. The molecule has 1 N–H and O–H groups in total. The predicted octanol–water partition coefficient (Wildman–Crippen LogP) is 2.31. The number of aryl methyl sites for hydroxylation is 1. The summed E-state index contributed by atoms with van der Waals surface area (Å²) < 4.78 is 29.2. The molecule has 0 aliphatic rings. The van der Waals surface area contributed by atoms with Crippen LogP contribution in [0.5, 0.6) is 0 Å². The van der Waals surface area contributed by atoms with Gasteiger partial charge in [-0.3, -0.25) is 0 Å². The van der Waals surface area contributed by atoms with Gasteiger partial charge in [0.25, 0.3) is 0 Å². The van der Waals surface area contributed by atoms with E-state index in [0.29, 0.717) is 5.69 Å². The highest BCUT2D eigenvalue weighted by atomic mass is 35.5. The number of sulfone groups is 1. The second-order valence-corrected chi connectivity index (χ2v) is 6.54. The van der Waals surface area contributed by atoms with Crippen molar-refractivity contribution in [1.82, 2.24) is 5.16 Å². The van der Waals surface area contributed by atoms with Crippen LogP contribution in [0.25, 0.3) is 0 Å². The Morgan fingerprint density at radius 3 is 2.65 bits per heavy atom. The number of nitrogens with zero attached hydrogens (tertiary/aromatic N) is 1. The van der Waals surface area contributed by atoms with Crippen LogP contribution in [-0.2, 0) is 15.6 Å². The highest BCUT2D eigenvalue weighted by molar-refractivity contribution is 7.90. The minimum absolute atomic E-state index is 0.0213. The molecule has 0 fully saturated rings. The molecule has 1 heterocycles. The molecule has 0 spiro atoms. The first-order chi connectivity index (χ1) is 9.29. The molecular weight excluding hydrogens is 306 g/mol. The molecule has 6 nitrogen and oxygen atoms in total. The smallest absolute Gasteiger partial charge is 0.337 e. The Morgan fingerprint density at radius 2 is 2.10 bits per heavy atom. The van der Waals surface area contributed by atoms with E-state index in [9.17, 15) is 13.2 Å². The summed E-state index contributed by atoms with van der Waals surface area (Å²) >= 11 is 5.70. The second kappa shape index (κ2) is 5.26. The normalized spacial score (nSPS) is 11.5. The first kappa shape index (κ1) is 14.5. The Bertz CT molecular complexity index is 766. The molecule has 1 aromatic carbocycles. The maximum atomic E-state index is 12.2. The lowest BCUT2D eigenvalue weighted by Crippen LogP contribution is -2.07. The first-order valence-electron chi connectivity index (χ1n) is 5.47. The lowest BCUT2D eigenvalue weighted by atomic mass is 10.2. The molecule has 1 aromatic heterocycles. The molecule has 2 aromatic rings. The van der Waals surface area contributed by atoms with Gasteiger partial charge in [-0.15, -0.1) is 0 Å².